The van der Waals surface area contributed by atoms with Crippen LogP contribution in [0.1, 0.15) is 10.5 Å². The summed E-state index contributed by atoms with van der Waals surface area (Å²) in [5, 5.41) is 2.17. The monoisotopic (exact) mass is 282 g/mol. The van der Waals surface area contributed by atoms with E-state index in [1.807, 2.05) is 18.2 Å². The van der Waals surface area contributed by atoms with Crippen molar-refractivity contribution in [2.24, 2.45) is 0 Å². The molecule has 0 radical (unpaired) electrons. The van der Waals surface area contributed by atoms with Crippen molar-refractivity contribution in [1.82, 2.24) is 10.0 Å². The summed E-state index contributed by atoms with van der Waals surface area (Å²) < 4.78 is 0.984. The van der Waals surface area contributed by atoms with E-state index in [-0.39, 0.29) is 5.91 Å². The van der Waals surface area contributed by atoms with Gasteiger partial charge in [-0.05, 0) is 24.3 Å². The van der Waals surface area contributed by atoms with E-state index in [4.69, 9.17) is 4.84 Å². The molecule has 0 spiro atoms. The van der Waals surface area contributed by atoms with E-state index in [1.54, 1.807) is 13.1 Å². The van der Waals surface area contributed by atoms with Crippen LogP contribution in [0.4, 0.5) is 0 Å². The van der Waals surface area contributed by atoms with E-state index in [1.165, 1.54) is 12.2 Å². The molecule has 0 saturated heterocycles. The number of aromatic nitrogens is 1. The number of hydrogen-bond acceptors (Lipinski definition) is 2. The highest BCUT2D eigenvalue weighted by Gasteiger charge is 2.13. The van der Waals surface area contributed by atoms with Crippen LogP contribution in [0.2, 0.25) is 0 Å². The lowest BCUT2D eigenvalue weighted by Crippen LogP contribution is -2.25. The Morgan fingerprint density at radius 1 is 1.44 bits per heavy atom. The van der Waals surface area contributed by atoms with Gasteiger partial charge in [-0.15, -0.1) is 0 Å². The Morgan fingerprint density at radius 2 is 2.19 bits per heavy atom. The number of amides is 1. The van der Waals surface area contributed by atoms with Crippen molar-refractivity contribution in [3.8, 4) is 0 Å². The molecule has 0 unspecified atom stereocenters. The van der Waals surface area contributed by atoms with Gasteiger partial charge in [0.15, 0.2) is 0 Å². The molecule has 0 aliphatic heterocycles. The van der Waals surface area contributed by atoms with Gasteiger partial charge in [0, 0.05) is 22.4 Å². The van der Waals surface area contributed by atoms with Crippen molar-refractivity contribution >= 4 is 32.7 Å². The van der Waals surface area contributed by atoms with Gasteiger partial charge in [0.25, 0.3) is 5.91 Å². The molecular weight excluding hydrogens is 272 g/mol. The molecule has 1 heterocycles. The number of fused-ring (bicyclic) bond motifs is 1. The number of hydroxylamine groups is 2. The van der Waals surface area contributed by atoms with Crippen LogP contribution >= 0.6 is 15.9 Å². The number of carbonyl (C=O) groups excluding carboxylic acids is 1. The average molecular weight is 283 g/mol. The fraction of sp³-hybridized carbons (Fsp3) is 0.182. The van der Waals surface area contributed by atoms with Crippen LogP contribution in [0.5, 0.6) is 0 Å². The molecule has 0 bridgehead atoms. The average Bonchev–Trinajstić information content (AvgIpc) is 2.69. The molecule has 1 aromatic heterocycles. The number of H-pyrrole nitrogens is 1. The van der Waals surface area contributed by atoms with Crippen molar-refractivity contribution in [3.63, 3.8) is 0 Å². The zero-order valence-corrected chi connectivity index (χ0v) is 10.5. The lowest BCUT2D eigenvalue weighted by Gasteiger charge is -2.11. The predicted molar refractivity (Wildman–Crippen MR) is 65.1 cm³/mol. The second kappa shape index (κ2) is 4.27. The first-order chi connectivity index (χ1) is 7.61. The fourth-order valence-corrected chi connectivity index (χ4v) is 1.85. The highest BCUT2D eigenvalue weighted by Crippen LogP contribution is 2.20. The Balaban J connectivity index is 2.43. The van der Waals surface area contributed by atoms with Gasteiger partial charge >= 0.3 is 0 Å². The first kappa shape index (κ1) is 11.2. The molecular formula is C11H11BrN2O2. The van der Waals surface area contributed by atoms with Gasteiger partial charge in [-0.2, -0.15) is 0 Å². The normalized spacial score (nSPS) is 10.7. The van der Waals surface area contributed by atoms with Crippen LogP contribution in [0, 0.1) is 0 Å². The van der Waals surface area contributed by atoms with Gasteiger partial charge in [0.2, 0.25) is 0 Å². The van der Waals surface area contributed by atoms with E-state index in [9.17, 15) is 4.79 Å². The van der Waals surface area contributed by atoms with Crippen LogP contribution < -0.4 is 0 Å². The molecule has 1 N–H and O–H groups in total. The number of carbonyl (C=O) groups is 1. The van der Waals surface area contributed by atoms with Crippen LogP contribution in [0.25, 0.3) is 10.9 Å². The molecule has 5 heteroatoms. The van der Waals surface area contributed by atoms with Gasteiger partial charge in [0.05, 0.1) is 7.11 Å². The Kier molecular flexibility index (Phi) is 2.98. The number of nitrogens with zero attached hydrogens (tertiary/aromatic N) is 1. The third kappa shape index (κ3) is 1.96. The third-order valence-corrected chi connectivity index (χ3v) is 2.87. The van der Waals surface area contributed by atoms with Crippen molar-refractivity contribution in [2.45, 2.75) is 0 Å². The molecule has 0 fully saturated rings. The van der Waals surface area contributed by atoms with E-state index in [0.29, 0.717) is 5.69 Å². The largest absolute Gasteiger partial charge is 0.350 e. The second-order valence-corrected chi connectivity index (χ2v) is 4.32. The topological polar surface area (TPSA) is 45.3 Å². The summed E-state index contributed by atoms with van der Waals surface area (Å²) in [7, 11) is 3.03. The smallest absolute Gasteiger partial charge is 0.293 e. The van der Waals surface area contributed by atoms with E-state index in [0.717, 1.165) is 15.4 Å². The van der Waals surface area contributed by atoms with Crippen molar-refractivity contribution < 1.29 is 9.63 Å². The minimum absolute atomic E-state index is 0.199. The minimum atomic E-state index is -0.199. The standard InChI is InChI=1S/C11H11BrN2O2/c1-14(16-2)11(15)10-6-7-5-8(12)3-4-9(7)13-10/h3-6,13H,1-2H3. The molecule has 84 valence electrons. The van der Waals surface area contributed by atoms with Crippen molar-refractivity contribution in [2.75, 3.05) is 14.2 Å². The first-order valence-electron chi connectivity index (χ1n) is 4.72. The molecule has 0 aliphatic carbocycles. The zero-order chi connectivity index (χ0) is 11.7. The SMILES string of the molecule is CON(C)C(=O)c1cc2cc(Br)ccc2[nH]1. The summed E-state index contributed by atoms with van der Waals surface area (Å²) in [6, 6.07) is 7.60. The Bertz CT molecular complexity index is 536. The minimum Gasteiger partial charge on any atom is -0.350 e. The van der Waals surface area contributed by atoms with E-state index in [2.05, 4.69) is 20.9 Å². The summed E-state index contributed by atoms with van der Waals surface area (Å²) >= 11 is 3.39. The summed E-state index contributed by atoms with van der Waals surface area (Å²) in [5.41, 5.74) is 1.44. The molecule has 4 nitrogen and oxygen atoms in total. The van der Waals surface area contributed by atoms with Gasteiger partial charge in [-0.3, -0.25) is 9.63 Å². The summed E-state index contributed by atoms with van der Waals surface area (Å²) in [4.78, 5) is 19.7. The molecule has 1 amide bonds. The van der Waals surface area contributed by atoms with Crippen molar-refractivity contribution in [1.29, 1.82) is 0 Å². The first-order valence-corrected chi connectivity index (χ1v) is 5.51. The summed E-state index contributed by atoms with van der Waals surface area (Å²) in [6.45, 7) is 0. The number of rotatable bonds is 2. The molecule has 16 heavy (non-hydrogen) atoms. The highest BCUT2D eigenvalue weighted by molar-refractivity contribution is 9.10. The van der Waals surface area contributed by atoms with Crippen LogP contribution in [-0.4, -0.2) is 30.1 Å². The summed E-state index contributed by atoms with van der Waals surface area (Å²) in [5.74, 6) is -0.199. The van der Waals surface area contributed by atoms with Gasteiger partial charge in [0.1, 0.15) is 5.69 Å². The number of hydrogen-bond donors (Lipinski definition) is 1. The fourth-order valence-electron chi connectivity index (χ4n) is 1.47. The molecule has 0 aliphatic rings. The maximum Gasteiger partial charge on any atom is 0.293 e. The second-order valence-electron chi connectivity index (χ2n) is 3.40. The predicted octanol–water partition coefficient (Wildman–Crippen LogP) is 2.56. The number of benzene rings is 1. The van der Waals surface area contributed by atoms with E-state index >= 15 is 0 Å². The Labute approximate surface area is 101 Å². The Morgan fingerprint density at radius 3 is 2.88 bits per heavy atom. The molecule has 2 aromatic rings. The van der Waals surface area contributed by atoms with Gasteiger partial charge in [-0.25, -0.2) is 5.06 Å². The number of aromatic amines is 1. The Hall–Kier alpha value is -1.33. The lowest BCUT2D eigenvalue weighted by molar-refractivity contribution is -0.0759. The third-order valence-electron chi connectivity index (χ3n) is 2.37. The molecule has 1 aromatic carbocycles. The quantitative estimate of drug-likeness (QED) is 0.861. The van der Waals surface area contributed by atoms with Crippen LogP contribution in [0.3, 0.4) is 0 Å². The van der Waals surface area contributed by atoms with Crippen molar-refractivity contribution in [3.05, 3.63) is 34.4 Å². The van der Waals surface area contributed by atoms with E-state index < -0.39 is 0 Å². The summed E-state index contributed by atoms with van der Waals surface area (Å²) in [6.07, 6.45) is 0. The van der Waals surface area contributed by atoms with Gasteiger partial charge < -0.3 is 4.98 Å². The number of nitrogens with one attached hydrogen (secondary N) is 1. The maximum absolute atomic E-state index is 11.8. The number of halogens is 1. The lowest BCUT2D eigenvalue weighted by atomic mass is 10.2. The highest BCUT2D eigenvalue weighted by atomic mass is 79.9. The zero-order valence-electron chi connectivity index (χ0n) is 8.95. The molecule has 0 atom stereocenters. The van der Waals surface area contributed by atoms with Gasteiger partial charge in [-0.1, -0.05) is 15.9 Å². The molecule has 0 saturated carbocycles. The van der Waals surface area contributed by atoms with Crippen LogP contribution in [-0.2, 0) is 4.84 Å². The molecule has 2 rings (SSSR count). The van der Waals surface area contributed by atoms with Crippen LogP contribution in [0.15, 0.2) is 28.7 Å². The maximum atomic E-state index is 11.8.